The number of aromatic hydroxyl groups is 1. The summed E-state index contributed by atoms with van der Waals surface area (Å²) in [6.07, 6.45) is 0. The third-order valence-corrected chi connectivity index (χ3v) is 2.60. The highest BCUT2D eigenvalue weighted by Gasteiger charge is 2.66. The molecule has 0 spiro atoms. The van der Waals surface area contributed by atoms with Crippen LogP contribution < -0.4 is 5.73 Å². The summed E-state index contributed by atoms with van der Waals surface area (Å²) in [5, 5.41) is 8.66. The minimum absolute atomic E-state index is 0.0864. The van der Waals surface area contributed by atoms with Crippen LogP contribution in [0.2, 0.25) is 0 Å². The van der Waals surface area contributed by atoms with Gasteiger partial charge in [-0.15, -0.1) is 0 Å². The van der Waals surface area contributed by atoms with Crippen LogP contribution in [0.25, 0.3) is 0 Å². The molecule has 1 aromatic carbocycles. The summed E-state index contributed by atoms with van der Waals surface area (Å²) >= 11 is 0. The summed E-state index contributed by atoms with van der Waals surface area (Å²) < 4.78 is 61.0. The van der Waals surface area contributed by atoms with Gasteiger partial charge in [-0.1, -0.05) is 19.4 Å². The highest BCUT2D eigenvalue weighted by atomic mass is 32.5. The van der Waals surface area contributed by atoms with E-state index in [1.54, 1.807) is 0 Å². The lowest BCUT2D eigenvalue weighted by Crippen LogP contribution is -2.08. The normalized spacial score (nSPS) is 17.2. The maximum Gasteiger partial charge on any atom is 0.312 e. The summed E-state index contributed by atoms with van der Waals surface area (Å²) in [5.41, 5.74) is 3.66. The number of hydrogen-bond donors (Lipinski definition) is 2. The third kappa shape index (κ3) is 2.19. The van der Waals surface area contributed by atoms with Crippen molar-refractivity contribution >= 4 is 15.9 Å². The smallest absolute Gasteiger partial charge is 0.312 e. The van der Waals surface area contributed by atoms with E-state index < -0.39 is 26.6 Å². The minimum Gasteiger partial charge on any atom is -0.508 e. The number of benzene rings is 1. The van der Waals surface area contributed by atoms with Crippen LogP contribution in [0.15, 0.2) is 23.1 Å². The maximum absolute atomic E-state index is 12.2. The number of hydrogen-bond acceptors (Lipinski definition) is 2. The minimum atomic E-state index is -9.80. The molecule has 0 aliphatic heterocycles. The van der Waals surface area contributed by atoms with Gasteiger partial charge in [-0.25, -0.2) is 0 Å². The monoisotopic (exact) mass is 235 g/mol. The Morgan fingerprint density at radius 1 is 1.07 bits per heavy atom. The van der Waals surface area contributed by atoms with Gasteiger partial charge in [-0.3, -0.25) is 0 Å². The third-order valence-electron chi connectivity index (χ3n) is 1.41. The Labute approximate surface area is 75.9 Å². The van der Waals surface area contributed by atoms with Crippen molar-refractivity contribution in [1.82, 2.24) is 0 Å². The number of phenolic OH excluding ortho intramolecular Hbond substituents is 1. The Kier molecular flexibility index (Phi) is 1.62. The lowest BCUT2D eigenvalue weighted by molar-refractivity contribution is 0.363. The van der Waals surface area contributed by atoms with Gasteiger partial charge in [0.15, 0.2) is 0 Å². The summed E-state index contributed by atoms with van der Waals surface area (Å²) in [7, 11) is -9.80. The highest BCUT2D eigenvalue weighted by Crippen LogP contribution is 3.02. The van der Waals surface area contributed by atoms with Gasteiger partial charge in [0.05, 0.1) is 5.69 Å². The molecule has 1 aromatic rings. The van der Waals surface area contributed by atoms with E-state index in [-0.39, 0.29) is 6.07 Å². The van der Waals surface area contributed by atoms with Gasteiger partial charge in [0.25, 0.3) is 0 Å². The molecule has 0 saturated heterocycles. The molecule has 0 amide bonds. The van der Waals surface area contributed by atoms with E-state index in [4.69, 9.17) is 10.8 Å². The first-order chi connectivity index (χ1) is 5.90. The van der Waals surface area contributed by atoms with Crippen LogP contribution in [0, 0.1) is 0 Å². The van der Waals surface area contributed by atoms with Gasteiger partial charge in [-0.2, -0.15) is 0 Å². The molecule has 82 valence electrons. The topological polar surface area (TPSA) is 46.2 Å². The van der Waals surface area contributed by atoms with Crippen LogP contribution in [0.5, 0.6) is 5.75 Å². The van der Waals surface area contributed by atoms with Gasteiger partial charge >= 0.3 is 10.2 Å². The Hall–Kier alpha value is -1.18. The molecule has 0 heterocycles. The predicted molar refractivity (Wildman–Crippen MR) is 43.9 cm³/mol. The number of rotatable bonds is 1. The van der Waals surface area contributed by atoms with Gasteiger partial charge < -0.3 is 10.8 Å². The van der Waals surface area contributed by atoms with Crippen molar-refractivity contribution in [2.45, 2.75) is 4.90 Å². The van der Waals surface area contributed by atoms with Crippen molar-refractivity contribution in [3.8, 4) is 5.75 Å². The standard InChI is InChI=1S/C6H6F5NOS/c7-14(8,9,10,11)6-3-4(13)1-2-5(6)12/h1-3,13H,12H2. The number of nitrogens with two attached hydrogens (primary N) is 1. The van der Waals surface area contributed by atoms with Crippen molar-refractivity contribution in [2.24, 2.45) is 0 Å². The summed E-state index contributed by atoms with van der Waals surface area (Å²) in [6, 6.07) is 1.28. The first-order valence-corrected chi connectivity index (χ1v) is 5.18. The van der Waals surface area contributed by atoms with E-state index >= 15 is 0 Å². The lowest BCUT2D eigenvalue weighted by Gasteiger charge is -2.41. The van der Waals surface area contributed by atoms with Crippen LogP contribution in [0.4, 0.5) is 25.1 Å². The van der Waals surface area contributed by atoms with Crippen LogP contribution in [-0.4, -0.2) is 5.11 Å². The largest absolute Gasteiger partial charge is 0.508 e. The Morgan fingerprint density at radius 2 is 1.57 bits per heavy atom. The fourth-order valence-electron chi connectivity index (χ4n) is 0.857. The second-order valence-corrected chi connectivity index (χ2v) is 5.07. The Morgan fingerprint density at radius 3 is 1.93 bits per heavy atom. The van der Waals surface area contributed by atoms with E-state index in [2.05, 4.69) is 0 Å². The molecule has 1 rings (SSSR count). The van der Waals surface area contributed by atoms with Gasteiger partial charge in [0, 0.05) is 6.07 Å². The fourth-order valence-corrected chi connectivity index (χ4v) is 1.71. The molecule has 8 heteroatoms. The zero-order chi connectivity index (χ0) is 11.3. The number of halogens is 5. The van der Waals surface area contributed by atoms with Crippen molar-refractivity contribution in [3.63, 3.8) is 0 Å². The van der Waals surface area contributed by atoms with Gasteiger partial charge in [-0.05, 0) is 12.1 Å². The zero-order valence-electron chi connectivity index (χ0n) is 6.55. The summed E-state index contributed by atoms with van der Waals surface area (Å²) in [5.74, 6) is -0.914. The van der Waals surface area contributed by atoms with E-state index in [1.165, 1.54) is 0 Å². The molecule has 2 nitrogen and oxygen atoms in total. The van der Waals surface area contributed by atoms with Crippen LogP contribution in [0.1, 0.15) is 0 Å². The molecule has 0 atom stereocenters. The first-order valence-electron chi connectivity index (χ1n) is 3.23. The van der Waals surface area contributed by atoms with E-state index in [1.807, 2.05) is 0 Å². The van der Waals surface area contributed by atoms with Gasteiger partial charge in [0.2, 0.25) is 0 Å². The molecule has 0 fully saturated rings. The Balaban J connectivity index is 3.57. The molecule has 0 saturated carbocycles. The van der Waals surface area contributed by atoms with Crippen molar-refractivity contribution in [3.05, 3.63) is 18.2 Å². The average Bonchev–Trinajstić information content (AvgIpc) is 1.89. The maximum atomic E-state index is 12.2. The summed E-state index contributed by atoms with van der Waals surface area (Å²) in [4.78, 5) is -2.26. The molecule has 3 N–H and O–H groups in total. The number of anilines is 1. The SMILES string of the molecule is Nc1ccc(O)cc1S(F)(F)(F)(F)F. The highest BCUT2D eigenvalue weighted by molar-refractivity contribution is 8.45. The summed E-state index contributed by atoms with van der Waals surface area (Å²) in [6.45, 7) is 0. The second kappa shape index (κ2) is 2.08. The average molecular weight is 235 g/mol. The quantitative estimate of drug-likeness (QED) is 0.443. The molecule has 0 bridgehead atoms. The van der Waals surface area contributed by atoms with Crippen LogP contribution in [0.3, 0.4) is 0 Å². The van der Waals surface area contributed by atoms with E-state index in [0.29, 0.717) is 6.07 Å². The fraction of sp³-hybridized carbons (Fsp3) is 0. The lowest BCUT2D eigenvalue weighted by atomic mass is 10.3. The number of phenols is 1. The molecule has 0 aliphatic carbocycles. The molecule has 14 heavy (non-hydrogen) atoms. The predicted octanol–water partition coefficient (Wildman–Crippen LogP) is 3.63. The van der Waals surface area contributed by atoms with E-state index in [0.717, 1.165) is 6.07 Å². The molecular weight excluding hydrogens is 229 g/mol. The first kappa shape index (κ1) is 10.9. The molecular formula is C6H6F5NOS. The van der Waals surface area contributed by atoms with Crippen molar-refractivity contribution in [2.75, 3.05) is 5.73 Å². The molecule has 0 unspecified atom stereocenters. The molecule has 0 radical (unpaired) electrons. The number of nitrogen functional groups attached to an aromatic ring is 1. The zero-order valence-corrected chi connectivity index (χ0v) is 7.37. The molecule has 0 aliphatic rings. The molecule has 0 aromatic heterocycles. The van der Waals surface area contributed by atoms with Crippen molar-refractivity contribution in [1.29, 1.82) is 0 Å². The van der Waals surface area contributed by atoms with Gasteiger partial charge in [0.1, 0.15) is 10.6 Å². The van der Waals surface area contributed by atoms with E-state index in [9.17, 15) is 19.4 Å². The second-order valence-electron chi connectivity index (χ2n) is 2.69. The van der Waals surface area contributed by atoms with Crippen molar-refractivity contribution < 1.29 is 24.5 Å². The van der Waals surface area contributed by atoms with Crippen LogP contribution in [-0.2, 0) is 0 Å². The van der Waals surface area contributed by atoms with Crippen LogP contribution >= 0.6 is 10.2 Å². The Bertz CT molecular complexity index is 386.